The van der Waals surface area contributed by atoms with Gasteiger partial charge < -0.3 is 4.90 Å². The van der Waals surface area contributed by atoms with Crippen LogP contribution in [0.3, 0.4) is 0 Å². The number of piperazine rings is 1. The molecule has 0 aliphatic carbocycles. The van der Waals surface area contributed by atoms with Gasteiger partial charge in [-0.1, -0.05) is 31.0 Å². The molecule has 1 fully saturated rings. The molecule has 0 bridgehead atoms. The average Bonchev–Trinajstić information content (AvgIpc) is 3.06. The summed E-state index contributed by atoms with van der Waals surface area (Å²) in [5.74, 6) is -0.0578. The summed E-state index contributed by atoms with van der Waals surface area (Å²) in [7, 11) is -3.61. The molecule has 1 amide bonds. The topological polar surface area (TPSA) is 70.6 Å². The van der Waals surface area contributed by atoms with Crippen LogP contribution in [0.5, 0.6) is 0 Å². The average molecular weight is 442 g/mol. The minimum atomic E-state index is -3.61. The largest absolute Gasteiger partial charge is 0.335 e. The number of carbonyl (C=O) groups is 1. The number of aryl methyl sites for hydroxylation is 2. The fraction of sp³-hybridized carbons (Fsp3) is 0.474. The van der Waals surface area contributed by atoms with E-state index in [-0.39, 0.29) is 23.9 Å². The van der Waals surface area contributed by atoms with E-state index in [2.05, 4.69) is 11.9 Å². The van der Waals surface area contributed by atoms with Crippen molar-refractivity contribution in [3.05, 3.63) is 44.9 Å². The highest BCUT2D eigenvalue weighted by molar-refractivity contribution is 7.89. The number of benzene rings is 1. The van der Waals surface area contributed by atoms with Gasteiger partial charge in [0.1, 0.15) is 4.88 Å². The molecule has 3 rings (SSSR count). The van der Waals surface area contributed by atoms with Crippen molar-refractivity contribution in [2.24, 2.45) is 0 Å². The van der Waals surface area contributed by atoms with Gasteiger partial charge in [0.2, 0.25) is 10.0 Å². The Balaban J connectivity index is 1.67. The first kappa shape index (κ1) is 21.2. The van der Waals surface area contributed by atoms with Crippen molar-refractivity contribution < 1.29 is 13.2 Å². The lowest BCUT2D eigenvalue weighted by atomic mass is 10.2. The van der Waals surface area contributed by atoms with E-state index in [1.54, 1.807) is 17.0 Å². The molecule has 152 valence electrons. The molecule has 1 aromatic carbocycles. The summed E-state index contributed by atoms with van der Waals surface area (Å²) in [5.41, 5.74) is 0.759. The van der Waals surface area contributed by atoms with Gasteiger partial charge in [-0.25, -0.2) is 13.4 Å². The summed E-state index contributed by atoms with van der Waals surface area (Å²) < 4.78 is 27.0. The van der Waals surface area contributed by atoms with Crippen molar-refractivity contribution in [3.8, 4) is 0 Å². The van der Waals surface area contributed by atoms with E-state index in [0.717, 1.165) is 30.0 Å². The third kappa shape index (κ3) is 4.56. The second kappa shape index (κ2) is 8.90. The quantitative estimate of drug-likeness (QED) is 0.686. The number of sulfonamides is 1. The van der Waals surface area contributed by atoms with Crippen molar-refractivity contribution in [2.75, 3.05) is 26.2 Å². The number of hydrogen-bond acceptors (Lipinski definition) is 5. The maximum absolute atomic E-state index is 12.9. The lowest BCUT2D eigenvalue weighted by Gasteiger charge is -2.33. The van der Waals surface area contributed by atoms with Crippen LogP contribution in [0.4, 0.5) is 0 Å². The van der Waals surface area contributed by atoms with Gasteiger partial charge in [0, 0.05) is 31.2 Å². The minimum Gasteiger partial charge on any atom is -0.335 e. The number of thiazole rings is 1. The Morgan fingerprint density at radius 2 is 1.96 bits per heavy atom. The fourth-order valence-corrected chi connectivity index (χ4v) is 5.94. The van der Waals surface area contributed by atoms with Crippen molar-refractivity contribution >= 4 is 38.9 Å². The molecular formula is C19H24ClN3O3S2. The highest BCUT2D eigenvalue weighted by Gasteiger charge is 2.31. The Bertz CT molecular complexity index is 951. The second-order valence-corrected chi connectivity index (χ2v) is 10.2. The van der Waals surface area contributed by atoms with Gasteiger partial charge >= 0.3 is 0 Å². The zero-order valence-corrected chi connectivity index (χ0v) is 18.4. The fourth-order valence-electron chi connectivity index (χ4n) is 3.14. The van der Waals surface area contributed by atoms with Gasteiger partial charge in [0.15, 0.2) is 0 Å². The van der Waals surface area contributed by atoms with Crippen molar-refractivity contribution in [3.63, 3.8) is 0 Å². The minimum absolute atomic E-state index is 0.0578. The SMILES string of the molecule is CCCCc1nc(C)c(C(=O)N2CCN(S(=O)(=O)c3cccc(Cl)c3)CC2)s1. The van der Waals surface area contributed by atoms with Gasteiger partial charge in [-0.15, -0.1) is 11.3 Å². The standard InChI is InChI=1S/C19H24ClN3O3S2/c1-3-4-8-17-21-14(2)18(27-17)19(24)22-9-11-23(12-10-22)28(25,26)16-7-5-6-15(20)13-16/h5-7,13H,3-4,8-12H2,1-2H3. The number of nitrogens with zero attached hydrogens (tertiary/aromatic N) is 3. The molecule has 28 heavy (non-hydrogen) atoms. The molecular weight excluding hydrogens is 418 g/mol. The molecule has 0 radical (unpaired) electrons. The zero-order valence-electron chi connectivity index (χ0n) is 16.0. The van der Waals surface area contributed by atoms with Crippen LogP contribution in [0.1, 0.15) is 40.1 Å². The van der Waals surface area contributed by atoms with Crippen LogP contribution in [0.25, 0.3) is 0 Å². The lowest BCUT2D eigenvalue weighted by Crippen LogP contribution is -2.50. The zero-order chi connectivity index (χ0) is 20.3. The first-order valence-corrected chi connectivity index (χ1v) is 12.0. The predicted molar refractivity (Wildman–Crippen MR) is 112 cm³/mol. The monoisotopic (exact) mass is 441 g/mol. The van der Waals surface area contributed by atoms with E-state index in [0.29, 0.717) is 23.0 Å². The molecule has 2 aromatic rings. The Labute approximate surface area is 175 Å². The van der Waals surface area contributed by atoms with Crippen molar-refractivity contribution in [2.45, 2.75) is 38.0 Å². The molecule has 0 spiro atoms. The van der Waals surface area contributed by atoms with E-state index >= 15 is 0 Å². The summed E-state index contributed by atoms with van der Waals surface area (Å²) >= 11 is 7.39. The molecule has 0 atom stereocenters. The third-order valence-electron chi connectivity index (χ3n) is 4.74. The molecule has 0 N–H and O–H groups in total. The Morgan fingerprint density at radius 1 is 1.25 bits per heavy atom. The molecule has 1 saturated heterocycles. The lowest BCUT2D eigenvalue weighted by molar-refractivity contribution is 0.0702. The van der Waals surface area contributed by atoms with E-state index in [4.69, 9.17) is 11.6 Å². The summed E-state index contributed by atoms with van der Waals surface area (Å²) in [6, 6.07) is 6.26. The number of unbranched alkanes of at least 4 members (excludes halogenated alkanes) is 1. The predicted octanol–water partition coefficient (Wildman–Crippen LogP) is 3.59. The maximum Gasteiger partial charge on any atom is 0.265 e. The Morgan fingerprint density at radius 3 is 2.61 bits per heavy atom. The van der Waals surface area contributed by atoms with Crippen LogP contribution in [0.15, 0.2) is 29.2 Å². The van der Waals surface area contributed by atoms with Gasteiger partial charge in [-0.3, -0.25) is 4.79 Å². The van der Waals surface area contributed by atoms with Gasteiger partial charge in [0.05, 0.1) is 15.6 Å². The summed E-state index contributed by atoms with van der Waals surface area (Å²) in [5, 5.41) is 1.37. The van der Waals surface area contributed by atoms with Crippen LogP contribution >= 0.6 is 22.9 Å². The highest BCUT2D eigenvalue weighted by atomic mass is 35.5. The van der Waals surface area contributed by atoms with E-state index in [1.807, 2.05) is 6.92 Å². The first-order chi connectivity index (χ1) is 13.3. The van der Waals surface area contributed by atoms with Crippen LogP contribution in [0, 0.1) is 6.92 Å². The number of carbonyl (C=O) groups excluding carboxylic acids is 1. The van der Waals surface area contributed by atoms with Crippen molar-refractivity contribution in [1.82, 2.24) is 14.2 Å². The maximum atomic E-state index is 12.9. The number of rotatable bonds is 6. The van der Waals surface area contributed by atoms with Crippen LogP contribution in [0.2, 0.25) is 5.02 Å². The molecule has 2 heterocycles. The third-order valence-corrected chi connectivity index (χ3v) is 8.07. The summed E-state index contributed by atoms with van der Waals surface area (Å²) in [4.78, 5) is 20.0. The molecule has 0 saturated carbocycles. The number of halogens is 1. The summed E-state index contributed by atoms with van der Waals surface area (Å²) in [6.45, 7) is 5.24. The molecule has 1 aromatic heterocycles. The number of aromatic nitrogens is 1. The molecule has 0 unspecified atom stereocenters. The van der Waals surface area contributed by atoms with Crippen LogP contribution in [-0.4, -0.2) is 54.7 Å². The molecule has 1 aliphatic rings. The molecule has 9 heteroatoms. The van der Waals surface area contributed by atoms with Gasteiger partial charge in [-0.05, 0) is 38.0 Å². The second-order valence-electron chi connectivity index (χ2n) is 6.78. The Hall–Kier alpha value is -1.48. The van der Waals surface area contributed by atoms with Gasteiger partial charge in [-0.2, -0.15) is 4.31 Å². The molecule has 1 aliphatic heterocycles. The summed E-state index contributed by atoms with van der Waals surface area (Å²) in [6.07, 6.45) is 3.03. The normalized spacial score (nSPS) is 15.8. The number of hydrogen-bond donors (Lipinski definition) is 0. The van der Waals surface area contributed by atoms with Gasteiger partial charge in [0.25, 0.3) is 5.91 Å². The van der Waals surface area contributed by atoms with Crippen LogP contribution in [-0.2, 0) is 16.4 Å². The molecule has 6 nitrogen and oxygen atoms in total. The van der Waals surface area contributed by atoms with Crippen molar-refractivity contribution in [1.29, 1.82) is 0 Å². The van der Waals surface area contributed by atoms with E-state index in [9.17, 15) is 13.2 Å². The number of amides is 1. The smallest absolute Gasteiger partial charge is 0.265 e. The Kier molecular flexibility index (Phi) is 6.75. The van der Waals surface area contributed by atoms with E-state index < -0.39 is 10.0 Å². The van der Waals surface area contributed by atoms with Crippen LogP contribution < -0.4 is 0 Å². The highest BCUT2D eigenvalue weighted by Crippen LogP contribution is 2.24. The first-order valence-electron chi connectivity index (χ1n) is 9.34. The van der Waals surface area contributed by atoms with E-state index in [1.165, 1.54) is 27.8 Å².